The Bertz CT molecular complexity index is 662. The van der Waals surface area contributed by atoms with Gasteiger partial charge in [0.05, 0.1) is 19.9 Å². The van der Waals surface area contributed by atoms with E-state index in [9.17, 15) is 0 Å². The third kappa shape index (κ3) is 3.78. The van der Waals surface area contributed by atoms with Crippen molar-refractivity contribution in [2.75, 3.05) is 33.3 Å². The lowest BCUT2D eigenvalue weighted by Gasteiger charge is -2.25. The van der Waals surface area contributed by atoms with Gasteiger partial charge in [0.1, 0.15) is 11.4 Å². The van der Waals surface area contributed by atoms with Crippen molar-refractivity contribution in [1.82, 2.24) is 20.4 Å². The number of ether oxygens (including phenoxy) is 1. The second-order valence-electron chi connectivity index (χ2n) is 5.57. The summed E-state index contributed by atoms with van der Waals surface area (Å²) in [7, 11) is 1.63. The zero-order valence-corrected chi connectivity index (χ0v) is 13.4. The van der Waals surface area contributed by atoms with Gasteiger partial charge in [-0.15, -0.1) is 6.58 Å². The summed E-state index contributed by atoms with van der Waals surface area (Å²) in [5.41, 5.74) is 2.61. The smallest absolute Gasteiger partial charge is 0.151 e. The van der Waals surface area contributed by atoms with Crippen molar-refractivity contribution in [3.8, 4) is 17.0 Å². The third-order valence-corrected chi connectivity index (χ3v) is 3.92. The number of nitrogens with one attached hydrogen (secondary N) is 1. The lowest BCUT2D eigenvalue weighted by Crippen LogP contribution is -2.42. The van der Waals surface area contributed by atoms with Gasteiger partial charge in [-0.2, -0.15) is 0 Å². The van der Waals surface area contributed by atoms with Crippen LogP contribution in [-0.4, -0.2) is 48.3 Å². The number of nitrogens with zero attached hydrogens (tertiary/aromatic N) is 3. The summed E-state index contributed by atoms with van der Waals surface area (Å²) < 4.78 is 10.9. The molecular formula is C17H22N4O2. The van der Waals surface area contributed by atoms with Gasteiger partial charge >= 0.3 is 0 Å². The Morgan fingerprint density at radius 2 is 2.22 bits per heavy atom. The maximum atomic E-state index is 5.51. The van der Waals surface area contributed by atoms with Crippen LogP contribution >= 0.6 is 0 Å². The van der Waals surface area contributed by atoms with Crippen LogP contribution in [0.5, 0.6) is 5.75 Å². The minimum absolute atomic E-state index is 0.694. The van der Waals surface area contributed by atoms with Gasteiger partial charge in [0, 0.05) is 49.9 Å². The fraction of sp³-hybridized carbons (Fsp3) is 0.412. The van der Waals surface area contributed by atoms with E-state index in [1.807, 2.05) is 18.2 Å². The minimum atomic E-state index is 0.694. The van der Waals surface area contributed by atoms with Crippen LogP contribution in [0.4, 0.5) is 0 Å². The molecule has 1 fully saturated rings. The monoisotopic (exact) mass is 314 g/mol. The van der Waals surface area contributed by atoms with Crippen LogP contribution in [0.15, 0.2) is 35.5 Å². The summed E-state index contributed by atoms with van der Waals surface area (Å²) >= 11 is 0. The Labute approximate surface area is 136 Å². The molecule has 6 heteroatoms. The maximum absolute atomic E-state index is 5.51. The van der Waals surface area contributed by atoms with E-state index in [1.165, 1.54) is 0 Å². The summed E-state index contributed by atoms with van der Waals surface area (Å²) in [6.07, 6.45) is 4.26. The molecule has 0 saturated carbocycles. The molecule has 0 bridgehead atoms. The molecule has 1 aliphatic heterocycles. The first-order valence-corrected chi connectivity index (χ1v) is 7.83. The fourth-order valence-corrected chi connectivity index (χ4v) is 2.71. The zero-order chi connectivity index (χ0) is 16.1. The van der Waals surface area contributed by atoms with E-state index in [1.54, 1.807) is 13.3 Å². The van der Waals surface area contributed by atoms with E-state index in [2.05, 4.69) is 26.9 Å². The molecule has 122 valence electrons. The molecule has 0 amide bonds. The van der Waals surface area contributed by atoms with Crippen LogP contribution in [0, 0.1) is 0 Å². The largest absolute Gasteiger partial charge is 0.494 e. The SMILES string of the molecule is C=CCc1cc(-c2cc(CN3CCNCC3)on2)c(OC)cn1. The lowest BCUT2D eigenvalue weighted by atomic mass is 10.1. The number of allylic oxidation sites excluding steroid dienone is 1. The van der Waals surface area contributed by atoms with Crippen molar-refractivity contribution in [3.05, 3.63) is 42.4 Å². The van der Waals surface area contributed by atoms with Crippen molar-refractivity contribution >= 4 is 0 Å². The van der Waals surface area contributed by atoms with E-state index in [-0.39, 0.29) is 0 Å². The van der Waals surface area contributed by atoms with Gasteiger partial charge in [-0.05, 0) is 6.07 Å². The van der Waals surface area contributed by atoms with Gasteiger partial charge in [0.2, 0.25) is 0 Å². The summed E-state index contributed by atoms with van der Waals surface area (Å²) in [6.45, 7) is 8.62. The molecule has 6 nitrogen and oxygen atoms in total. The van der Waals surface area contributed by atoms with E-state index in [0.717, 1.165) is 55.4 Å². The van der Waals surface area contributed by atoms with Gasteiger partial charge in [-0.3, -0.25) is 9.88 Å². The molecule has 1 N–H and O–H groups in total. The number of piperazine rings is 1. The zero-order valence-electron chi connectivity index (χ0n) is 13.4. The Morgan fingerprint density at radius 1 is 1.39 bits per heavy atom. The first-order chi connectivity index (χ1) is 11.3. The fourth-order valence-electron chi connectivity index (χ4n) is 2.71. The van der Waals surface area contributed by atoms with Crippen LogP contribution in [0.2, 0.25) is 0 Å². The molecule has 0 atom stereocenters. The summed E-state index contributed by atoms with van der Waals surface area (Å²) in [5, 5.41) is 7.56. The molecule has 3 heterocycles. The van der Waals surface area contributed by atoms with Crippen molar-refractivity contribution in [2.24, 2.45) is 0 Å². The first kappa shape index (κ1) is 15.7. The number of hydrogen-bond donors (Lipinski definition) is 1. The summed E-state index contributed by atoms with van der Waals surface area (Å²) in [5.74, 6) is 1.56. The molecule has 3 rings (SSSR count). The van der Waals surface area contributed by atoms with E-state index >= 15 is 0 Å². The van der Waals surface area contributed by atoms with Crippen molar-refractivity contribution in [2.45, 2.75) is 13.0 Å². The highest BCUT2D eigenvalue weighted by molar-refractivity contribution is 5.66. The molecular weight excluding hydrogens is 292 g/mol. The highest BCUT2D eigenvalue weighted by atomic mass is 16.5. The van der Waals surface area contributed by atoms with Gasteiger partial charge in [0.15, 0.2) is 5.76 Å². The van der Waals surface area contributed by atoms with E-state index < -0.39 is 0 Å². The van der Waals surface area contributed by atoms with Crippen LogP contribution in [-0.2, 0) is 13.0 Å². The topological polar surface area (TPSA) is 63.4 Å². The highest BCUT2D eigenvalue weighted by Crippen LogP contribution is 2.30. The molecule has 1 saturated heterocycles. The predicted octanol–water partition coefficient (Wildman–Crippen LogP) is 1.88. The molecule has 0 radical (unpaired) electrons. The maximum Gasteiger partial charge on any atom is 0.151 e. The number of pyridine rings is 1. The van der Waals surface area contributed by atoms with Crippen LogP contribution in [0.3, 0.4) is 0 Å². The van der Waals surface area contributed by atoms with Crippen LogP contribution in [0.25, 0.3) is 11.3 Å². The third-order valence-electron chi connectivity index (χ3n) is 3.92. The van der Waals surface area contributed by atoms with Gasteiger partial charge in [-0.25, -0.2) is 0 Å². The molecule has 0 spiro atoms. The molecule has 23 heavy (non-hydrogen) atoms. The summed E-state index contributed by atoms with van der Waals surface area (Å²) in [4.78, 5) is 6.71. The van der Waals surface area contributed by atoms with E-state index in [0.29, 0.717) is 12.2 Å². The average Bonchev–Trinajstić information content (AvgIpc) is 3.04. The Kier molecular flexibility index (Phi) is 5.05. The molecule has 1 aliphatic rings. The Morgan fingerprint density at radius 3 is 2.96 bits per heavy atom. The van der Waals surface area contributed by atoms with Gasteiger partial charge in [0.25, 0.3) is 0 Å². The lowest BCUT2D eigenvalue weighted by molar-refractivity contribution is 0.207. The second kappa shape index (κ2) is 7.39. The first-order valence-electron chi connectivity index (χ1n) is 7.83. The summed E-state index contributed by atoms with van der Waals surface area (Å²) in [6, 6.07) is 3.96. The Hall–Kier alpha value is -2.18. The molecule has 2 aromatic heterocycles. The van der Waals surface area contributed by atoms with Crippen molar-refractivity contribution in [1.29, 1.82) is 0 Å². The minimum Gasteiger partial charge on any atom is -0.494 e. The molecule has 0 aliphatic carbocycles. The van der Waals surface area contributed by atoms with E-state index in [4.69, 9.17) is 9.26 Å². The van der Waals surface area contributed by atoms with Gasteiger partial charge in [-0.1, -0.05) is 11.2 Å². The van der Waals surface area contributed by atoms with Gasteiger partial charge < -0.3 is 14.6 Å². The number of aromatic nitrogens is 2. The van der Waals surface area contributed by atoms with Crippen molar-refractivity contribution < 1.29 is 9.26 Å². The highest BCUT2D eigenvalue weighted by Gasteiger charge is 2.16. The number of rotatable bonds is 6. The average molecular weight is 314 g/mol. The number of hydrogen-bond acceptors (Lipinski definition) is 6. The predicted molar refractivity (Wildman–Crippen MR) is 88.3 cm³/mol. The van der Waals surface area contributed by atoms with Crippen LogP contribution in [0.1, 0.15) is 11.5 Å². The molecule has 2 aromatic rings. The molecule has 0 unspecified atom stereocenters. The normalized spacial score (nSPS) is 15.5. The standard InChI is InChI=1S/C17H22N4O2/c1-3-4-13-9-15(17(22-2)11-19-13)16-10-14(23-20-16)12-21-7-5-18-6-8-21/h3,9-11,18H,1,4-8,12H2,2H3. The molecule has 0 aromatic carbocycles. The quantitative estimate of drug-likeness (QED) is 0.822. The second-order valence-corrected chi connectivity index (χ2v) is 5.57. The van der Waals surface area contributed by atoms with Crippen molar-refractivity contribution in [3.63, 3.8) is 0 Å². The Balaban J connectivity index is 1.81. The number of methoxy groups -OCH3 is 1. The van der Waals surface area contributed by atoms with Crippen LogP contribution < -0.4 is 10.1 Å².